The smallest absolute Gasteiger partial charge is 0.330 e. The van der Waals surface area contributed by atoms with Gasteiger partial charge in [0.2, 0.25) is 0 Å². The summed E-state index contributed by atoms with van der Waals surface area (Å²) >= 11 is 0. The zero-order valence-corrected chi connectivity index (χ0v) is 9.38. The van der Waals surface area contributed by atoms with E-state index in [1.165, 1.54) is 0 Å². The van der Waals surface area contributed by atoms with E-state index < -0.39 is 15.8 Å². The zero-order valence-electron chi connectivity index (χ0n) is 8.57. The fourth-order valence-electron chi connectivity index (χ4n) is 1.77. The second-order valence-electron chi connectivity index (χ2n) is 3.93. The van der Waals surface area contributed by atoms with Crippen LogP contribution in [-0.4, -0.2) is 38.1 Å². The van der Waals surface area contributed by atoms with E-state index in [9.17, 15) is 17.2 Å². The first kappa shape index (κ1) is 12.8. The lowest BCUT2D eigenvalue weighted by atomic mass is 9.88. The predicted molar refractivity (Wildman–Crippen MR) is 52.8 cm³/mol. The Morgan fingerprint density at radius 3 is 2.60 bits per heavy atom. The van der Waals surface area contributed by atoms with Gasteiger partial charge in [-0.2, -0.15) is 13.1 Å². The minimum absolute atomic E-state index is 0.0210. The summed E-state index contributed by atoms with van der Waals surface area (Å²) in [5.74, 6) is -3.06. The molecule has 2 atom stereocenters. The molecule has 1 rings (SSSR count). The standard InChI is InChI=1S/C8H16F2N2O2S/c1-6-2-3-12(5-7(6)4-11)15(13,14)8(9)10/h6-8H,2-5,11H2,1H3. The van der Waals surface area contributed by atoms with Gasteiger partial charge >= 0.3 is 5.76 Å². The highest BCUT2D eigenvalue weighted by atomic mass is 32.2. The van der Waals surface area contributed by atoms with Crippen molar-refractivity contribution in [3.63, 3.8) is 0 Å². The molecular formula is C8H16F2N2O2S. The van der Waals surface area contributed by atoms with E-state index in [-0.39, 0.29) is 19.0 Å². The normalized spacial score (nSPS) is 29.7. The second-order valence-corrected chi connectivity index (χ2v) is 5.83. The lowest BCUT2D eigenvalue weighted by molar-refractivity contribution is 0.175. The van der Waals surface area contributed by atoms with Crippen molar-refractivity contribution in [2.45, 2.75) is 19.1 Å². The first-order valence-corrected chi connectivity index (χ1v) is 6.37. The SMILES string of the molecule is CC1CCN(S(=O)(=O)C(F)F)CC1CN. The minimum atomic E-state index is -4.42. The Morgan fingerprint density at radius 2 is 2.13 bits per heavy atom. The Hall–Kier alpha value is -0.270. The molecule has 1 aliphatic rings. The van der Waals surface area contributed by atoms with Crippen LogP contribution in [0.5, 0.6) is 0 Å². The van der Waals surface area contributed by atoms with Gasteiger partial charge in [0.1, 0.15) is 0 Å². The number of alkyl halides is 2. The number of nitrogens with zero attached hydrogens (tertiary/aromatic N) is 1. The van der Waals surface area contributed by atoms with Crippen LogP contribution in [0.4, 0.5) is 8.78 Å². The van der Waals surface area contributed by atoms with Gasteiger partial charge in [-0.05, 0) is 24.8 Å². The molecule has 1 heterocycles. The van der Waals surface area contributed by atoms with E-state index in [1.807, 2.05) is 6.92 Å². The third-order valence-corrected chi connectivity index (χ3v) is 4.47. The fraction of sp³-hybridized carbons (Fsp3) is 1.00. The molecule has 0 aliphatic carbocycles. The average Bonchev–Trinajstić information content (AvgIpc) is 2.18. The molecule has 4 nitrogen and oxygen atoms in total. The van der Waals surface area contributed by atoms with Gasteiger partial charge in [0.25, 0.3) is 10.0 Å². The molecule has 0 aromatic rings. The third kappa shape index (κ3) is 2.64. The lowest BCUT2D eigenvalue weighted by Crippen LogP contribution is -2.47. The zero-order chi connectivity index (χ0) is 11.6. The van der Waals surface area contributed by atoms with Crippen LogP contribution in [0.15, 0.2) is 0 Å². The van der Waals surface area contributed by atoms with E-state index in [0.717, 1.165) is 4.31 Å². The van der Waals surface area contributed by atoms with Crippen molar-refractivity contribution in [2.75, 3.05) is 19.6 Å². The maximum absolute atomic E-state index is 12.3. The monoisotopic (exact) mass is 242 g/mol. The number of hydrogen-bond acceptors (Lipinski definition) is 3. The maximum Gasteiger partial charge on any atom is 0.350 e. The number of rotatable bonds is 3. The van der Waals surface area contributed by atoms with Gasteiger partial charge in [0.15, 0.2) is 0 Å². The second kappa shape index (κ2) is 4.71. The molecule has 0 amide bonds. The van der Waals surface area contributed by atoms with Gasteiger partial charge in [-0.15, -0.1) is 0 Å². The van der Waals surface area contributed by atoms with Crippen LogP contribution in [0.1, 0.15) is 13.3 Å². The molecule has 1 saturated heterocycles. The number of sulfonamides is 1. The van der Waals surface area contributed by atoms with Crippen LogP contribution in [0.2, 0.25) is 0 Å². The van der Waals surface area contributed by atoms with Crippen LogP contribution < -0.4 is 5.73 Å². The molecule has 0 spiro atoms. The predicted octanol–water partition coefficient (Wildman–Crippen LogP) is 0.456. The number of nitrogens with two attached hydrogens (primary N) is 1. The summed E-state index contributed by atoms with van der Waals surface area (Å²) in [6, 6.07) is 0. The summed E-state index contributed by atoms with van der Waals surface area (Å²) in [6.45, 7) is 2.58. The third-order valence-electron chi connectivity index (χ3n) is 2.96. The quantitative estimate of drug-likeness (QED) is 0.781. The topological polar surface area (TPSA) is 63.4 Å². The van der Waals surface area contributed by atoms with Gasteiger partial charge in [0, 0.05) is 13.1 Å². The average molecular weight is 242 g/mol. The number of piperidine rings is 1. The summed E-state index contributed by atoms with van der Waals surface area (Å²) in [4.78, 5) is 0. The first-order chi connectivity index (χ1) is 6.89. The van der Waals surface area contributed by atoms with Crippen LogP contribution in [0.3, 0.4) is 0 Å². The molecule has 2 unspecified atom stereocenters. The van der Waals surface area contributed by atoms with E-state index in [0.29, 0.717) is 18.9 Å². The number of halogens is 2. The molecule has 0 bridgehead atoms. The Morgan fingerprint density at radius 1 is 1.53 bits per heavy atom. The molecule has 0 saturated carbocycles. The Labute approximate surface area is 88.5 Å². The molecule has 1 aliphatic heterocycles. The maximum atomic E-state index is 12.3. The lowest BCUT2D eigenvalue weighted by Gasteiger charge is -2.35. The van der Waals surface area contributed by atoms with E-state index in [2.05, 4.69) is 0 Å². The largest absolute Gasteiger partial charge is 0.350 e. The van der Waals surface area contributed by atoms with Gasteiger partial charge in [-0.25, -0.2) is 8.42 Å². The summed E-state index contributed by atoms with van der Waals surface area (Å²) in [5, 5.41) is 0. The number of hydrogen-bond donors (Lipinski definition) is 1. The Kier molecular flexibility index (Phi) is 4.02. The molecule has 0 aromatic heterocycles. The molecular weight excluding hydrogens is 226 g/mol. The summed E-state index contributed by atoms with van der Waals surface area (Å²) in [5.41, 5.74) is 5.47. The van der Waals surface area contributed by atoms with E-state index in [1.54, 1.807) is 0 Å². The van der Waals surface area contributed by atoms with Crippen molar-refractivity contribution >= 4 is 10.0 Å². The molecule has 90 valence electrons. The highest BCUT2D eigenvalue weighted by Crippen LogP contribution is 2.26. The summed E-state index contributed by atoms with van der Waals surface area (Å²) < 4.78 is 47.8. The van der Waals surface area contributed by atoms with Crippen LogP contribution in [0, 0.1) is 11.8 Å². The van der Waals surface area contributed by atoms with Crippen molar-refractivity contribution in [3.05, 3.63) is 0 Å². The van der Waals surface area contributed by atoms with Crippen LogP contribution in [0.25, 0.3) is 0 Å². The van der Waals surface area contributed by atoms with Crippen LogP contribution >= 0.6 is 0 Å². The van der Waals surface area contributed by atoms with Gasteiger partial charge in [0.05, 0.1) is 0 Å². The molecule has 0 radical (unpaired) electrons. The highest BCUT2D eigenvalue weighted by molar-refractivity contribution is 7.89. The molecule has 15 heavy (non-hydrogen) atoms. The van der Waals surface area contributed by atoms with Crippen molar-refractivity contribution in [3.8, 4) is 0 Å². The van der Waals surface area contributed by atoms with Crippen molar-refractivity contribution in [1.29, 1.82) is 0 Å². The van der Waals surface area contributed by atoms with Crippen molar-refractivity contribution in [2.24, 2.45) is 17.6 Å². The molecule has 0 aromatic carbocycles. The van der Waals surface area contributed by atoms with Crippen molar-refractivity contribution in [1.82, 2.24) is 4.31 Å². The van der Waals surface area contributed by atoms with Crippen molar-refractivity contribution < 1.29 is 17.2 Å². The summed E-state index contributed by atoms with van der Waals surface area (Å²) in [7, 11) is -4.42. The molecule has 1 fully saturated rings. The van der Waals surface area contributed by atoms with Gasteiger partial charge < -0.3 is 5.73 Å². The first-order valence-electron chi connectivity index (χ1n) is 4.86. The van der Waals surface area contributed by atoms with Gasteiger partial charge in [-0.1, -0.05) is 6.92 Å². The van der Waals surface area contributed by atoms with E-state index in [4.69, 9.17) is 5.73 Å². The Balaban J connectivity index is 2.75. The van der Waals surface area contributed by atoms with Crippen LogP contribution in [-0.2, 0) is 10.0 Å². The molecule has 7 heteroatoms. The molecule has 2 N–H and O–H groups in total. The van der Waals surface area contributed by atoms with E-state index >= 15 is 0 Å². The van der Waals surface area contributed by atoms with Gasteiger partial charge in [-0.3, -0.25) is 0 Å². The summed E-state index contributed by atoms with van der Waals surface area (Å²) in [6.07, 6.45) is 0.591. The highest BCUT2D eigenvalue weighted by Gasteiger charge is 2.37. The minimum Gasteiger partial charge on any atom is -0.330 e. The Bertz CT molecular complexity index is 308. The fourth-order valence-corrected chi connectivity index (χ4v) is 2.75.